The van der Waals surface area contributed by atoms with E-state index in [9.17, 15) is 0 Å². The van der Waals surface area contributed by atoms with Gasteiger partial charge >= 0.3 is 0 Å². The fourth-order valence-corrected chi connectivity index (χ4v) is 7.11. The topological polar surface area (TPSA) is 152 Å². The molecule has 0 heterocycles. The molecule has 0 aliphatic heterocycles. The molecule has 9 N–H and O–H groups in total. The Balaban J connectivity index is -0.000000337. The Kier molecular flexibility index (Phi) is 74.2. The Morgan fingerprint density at radius 2 is 0.309 bits per heavy atom. The zero-order valence-corrected chi connectivity index (χ0v) is 39.5. The fraction of sp³-hybridized carbons (Fsp3) is 1.00. The molecule has 6 nitrogen and oxygen atoms in total. The second-order valence-corrected chi connectivity index (χ2v) is 17.0. The van der Waals surface area contributed by atoms with Crippen molar-refractivity contribution >= 4 is 8.60 Å². The molecular weight excluding hydrogens is 698 g/mol. The van der Waals surface area contributed by atoms with E-state index < -0.39 is 8.60 Å². The van der Waals surface area contributed by atoms with Gasteiger partial charge in [-0.15, -0.1) is 0 Å². The van der Waals surface area contributed by atoms with Crippen LogP contribution in [0.15, 0.2) is 0 Å². The van der Waals surface area contributed by atoms with Gasteiger partial charge in [0.25, 0.3) is 0 Å². The first-order valence-corrected chi connectivity index (χ1v) is 26.3. The molecule has 0 spiro atoms. The van der Waals surface area contributed by atoms with Crippen molar-refractivity contribution in [2.24, 2.45) is 0 Å². The fourth-order valence-electron chi connectivity index (χ4n) is 7.11. The van der Waals surface area contributed by atoms with Gasteiger partial charge in [0.05, 0.1) is 19.6 Å². The molecule has 0 aromatic rings. The van der Waals surface area contributed by atoms with Crippen LogP contribution in [0.25, 0.3) is 0 Å². The lowest BCUT2D eigenvalue weighted by molar-refractivity contribution is -0.408. The number of hydrogen-bond acceptors (Lipinski definition) is 3. The molecule has 0 saturated carbocycles. The van der Waals surface area contributed by atoms with Crippen LogP contribution in [-0.2, 0) is 0 Å². The maximum absolute atomic E-state index is 8.48. The minimum absolute atomic E-state index is 1.12. The lowest BCUT2D eigenvalue weighted by Crippen LogP contribution is -2.50. The molecule has 0 aliphatic carbocycles. The van der Waals surface area contributed by atoms with Crippen molar-refractivity contribution in [2.75, 3.05) is 19.6 Å². The summed E-state index contributed by atoms with van der Waals surface area (Å²) in [7, 11) is -3.37. The largest absolute Gasteiger partial charge is 0.854 e. The zero-order chi connectivity index (χ0) is 41.4. The molecule has 0 aromatic heterocycles. The smallest absolute Gasteiger partial charge is 0.0739 e. The van der Waals surface area contributed by atoms with Gasteiger partial charge in [-0.1, -0.05) is 252 Å². The average Bonchev–Trinajstić information content (AvgIpc) is 3.17. The maximum Gasteiger partial charge on any atom is 0.0739 e. The van der Waals surface area contributed by atoms with Crippen LogP contribution in [0, 0.1) is 0 Å². The molecule has 0 unspecified atom stereocenters. The Labute approximate surface area is 349 Å². The molecule has 0 aromatic carbocycles. The normalized spacial score (nSPS) is 10.8. The predicted octanol–water partition coefficient (Wildman–Crippen LogP) is 11.4. The summed E-state index contributed by atoms with van der Waals surface area (Å²) in [5.41, 5.74) is 11.6. The number of hydrogen-bond donors (Lipinski definition) is 3. The number of quaternary nitrogens is 3. The van der Waals surface area contributed by atoms with E-state index in [0.29, 0.717) is 0 Å². The molecule has 0 bridgehead atoms. The van der Waals surface area contributed by atoms with Gasteiger partial charge in [0.2, 0.25) is 0 Å². The van der Waals surface area contributed by atoms with Crippen LogP contribution in [0.5, 0.6) is 0 Å². The molecule has 7 heteroatoms. The van der Waals surface area contributed by atoms with Gasteiger partial charge in [-0.25, -0.2) is 0 Å². The third kappa shape index (κ3) is 82.9. The van der Waals surface area contributed by atoms with Crippen LogP contribution < -0.4 is 31.9 Å². The summed E-state index contributed by atoms with van der Waals surface area (Å²) in [6, 6.07) is 0. The highest BCUT2D eigenvalue weighted by molar-refractivity contribution is 7.33. The first-order valence-electron chi connectivity index (χ1n) is 25.2. The standard InChI is InChI=1S/3C16H35N.O3P/c3*1-2-3-4-5-6-7-8-9-10-11-12-13-14-15-16-17;1-4(2)3/h3*2-17H2,1H3;/q;;;-3/p+3. The predicted molar refractivity (Wildman–Crippen MR) is 241 cm³/mol. The highest BCUT2D eigenvalue weighted by Crippen LogP contribution is 2.15. The van der Waals surface area contributed by atoms with E-state index in [1.165, 1.54) is 270 Å². The Morgan fingerprint density at radius 1 is 0.218 bits per heavy atom. The highest BCUT2D eigenvalue weighted by Gasteiger charge is 1.96. The summed E-state index contributed by atoms with van der Waals surface area (Å²) in [5.74, 6) is 0. The SMILES string of the molecule is CCCCCCCCCCCCCCCC[NH3+].CCCCCCCCCCCCCCCC[NH3+].CCCCCCCCCCCCCCCC[NH3+].[O-]P([O-])[O-]. The Morgan fingerprint density at radius 3 is 0.400 bits per heavy atom. The third-order valence-corrected chi connectivity index (χ3v) is 10.8. The van der Waals surface area contributed by atoms with Crippen molar-refractivity contribution in [3.05, 3.63) is 0 Å². The van der Waals surface area contributed by atoms with Crippen LogP contribution in [0.1, 0.15) is 290 Å². The van der Waals surface area contributed by atoms with E-state index >= 15 is 0 Å². The molecule has 0 atom stereocenters. The van der Waals surface area contributed by atoms with Crippen LogP contribution >= 0.6 is 8.60 Å². The minimum atomic E-state index is -3.37. The van der Waals surface area contributed by atoms with Gasteiger partial charge in [-0.3, -0.25) is 0 Å². The van der Waals surface area contributed by atoms with Gasteiger partial charge in [0.1, 0.15) is 0 Å². The Bertz CT molecular complexity index is 458. The van der Waals surface area contributed by atoms with E-state index in [0.717, 1.165) is 19.6 Å². The van der Waals surface area contributed by atoms with E-state index in [-0.39, 0.29) is 0 Å². The third-order valence-electron chi connectivity index (χ3n) is 10.8. The monoisotopic (exact) mass is 806 g/mol. The summed E-state index contributed by atoms with van der Waals surface area (Å²) >= 11 is 0. The molecule has 0 saturated heterocycles. The van der Waals surface area contributed by atoms with Gasteiger partial charge < -0.3 is 40.5 Å². The van der Waals surface area contributed by atoms with Crippen molar-refractivity contribution in [1.82, 2.24) is 0 Å². The van der Waals surface area contributed by atoms with Crippen molar-refractivity contribution in [2.45, 2.75) is 290 Å². The second-order valence-electron chi connectivity index (χ2n) is 16.6. The van der Waals surface area contributed by atoms with E-state index in [1.807, 2.05) is 0 Å². The highest BCUT2D eigenvalue weighted by atomic mass is 31.2. The summed E-state index contributed by atoms with van der Waals surface area (Å²) in [6.07, 6.45) is 60.6. The summed E-state index contributed by atoms with van der Waals surface area (Å²) < 4.78 is 0. The van der Waals surface area contributed by atoms with Crippen molar-refractivity contribution in [3.63, 3.8) is 0 Å². The molecule has 0 fully saturated rings. The summed E-state index contributed by atoms with van der Waals surface area (Å²) in [6.45, 7) is 10.2. The second kappa shape index (κ2) is 66.0. The van der Waals surface area contributed by atoms with Crippen molar-refractivity contribution in [3.8, 4) is 0 Å². The van der Waals surface area contributed by atoms with Gasteiger partial charge in [-0.05, 0) is 38.5 Å². The lowest BCUT2D eigenvalue weighted by Gasteiger charge is -2.39. The molecule has 0 aliphatic rings. The molecule has 0 radical (unpaired) electrons. The van der Waals surface area contributed by atoms with Gasteiger partial charge in [0, 0.05) is 0 Å². The molecule has 55 heavy (non-hydrogen) atoms. The summed E-state index contributed by atoms with van der Waals surface area (Å²) in [4.78, 5) is 25.4. The molecule has 0 amide bonds. The number of unbranched alkanes of at least 4 members (excludes halogenated alkanes) is 39. The summed E-state index contributed by atoms with van der Waals surface area (Å²) in [5, 5.41) is 0. The zero-order valence-electron chi connectivity index (χ0n) is 38.6. The molecule has 0 rings (SSSR count). The van der Waals surface area contributed by atoms with Crippen LogP contribution in [-0.4, -0.2) is 19.6 Å². The Hall–Kier alpha value is 0.190. The van der Waals surface area contributed by atoms with E-state index in [1.54, 1.807) is 0 Å². The van der Waals surface area contributed by atoms with Crippen LogP contribution in [0.2, 0.25) is 0 Å². The van der Waals surface area contributed by atoms with Gasteiger partial charge in [0.15, 0.2) is 0 Å². The first-order chi connectivity index (χ1) is 27.0. The average molecular weight is 806 g/mol. The molecule has 338 valence electrons. The molecular formula is C48H108N3O3P. The van der Waals surface area contributed by atoms with Crippen LogP contribution in [0.3, 0.4) is 0 Å². The van der Waals surface area contributed by atoms with Crippen LogP contribution in [0.4, 0.5) is 0 Å². The van der Waals surface area contributed by atoms with E-state index in [4.69, 9.17) is 14.7 Å². The van der Waals surface area contributed by atoms with Crippen molar-refractivity contribution in [1.29, 1.82) is 0 Å². The first kappa shape index (κ1) is 61.8. The number of rotatable bonds is 42. The quantitative estimate of drug-likeness (QED) is 0.0416. The lowest BCUT2D eigenvalue weighted by atomic mass is 10.0. The van der Waals surface area contributed by atoms with Gasteiger partial charge in [-0.2, -0.15) is 0 Å². The van der Waals surface area contributed by atoms with E-state index in [2.05, 4.69) is 38.0 Å². The maximum atomic E-state index is 8.48. The minimum Gasteiger partial charge on any atom is -0.854 e. The van der Waals surface area contributed by atoms with Crippen molar-refractivity contribution < 1.29 is 31.9 Å².